The molecule has 3 aromatic carbocycles. The molecule has 0 bridgehead atoms. The van der Waals surface area contributed by atoms with Gasteiger partial charge in [-0.3, -0.25) is 9.59 Å². The SMILES string of the molecule is O=C(Nc1ccc(N2CCC(Cc3ccccc3)CC2)c(C(=O)N2CCCC2)c1)c1ccccc1. The number of nitrogens with one attached hydrogen (secondary N) is 1. The van der Waals surface area contributed by atoms with Gasteiger partial charge in [-0.1, -0.05) is 48.5 Å². The number of carbonyl (C=O) groups excluding carboxylic acids is 2. The quantitative estimate of drug-likeness (QED) is 0.511. The van der Waals surface area contributed by atoms with Gasteiger partial charge in [-0.2, -0.15) is 0 Å². The monoisotopic (exact) mass is 467 g/mol. The minimum absolute atomic E-state index is 0.0692. The average molecular weight is 468 g/mol. The molecule has 1 N–H and O–H groups in total. The van der Waals surface area contributed by atoms with Crippen molar-refractivity contribution in [3.05, 3.63) is 95.6 Å². The van der Waals surface area contributed by atoms with E-state index in [1.165, 1.54) is 5.56 Å². The van der Waals surface area contributed by atoms with E-state index >= 15 is 0 Å². The molecule has 0 atom stereocenters. The number of amides is 2. The van der Waals surface area contributed by atoms with E-state index in [0.717, 1.165) is 64.0 Å². The lowest BCUT2D eigenvalue weighted by Gasteiger charge is -2.35. The smallest absolute Gasteiger partial charge is 0.256 e. The molecule has 5 heteroatoms. The highest BCUT2D eigenvalue weighted by molar-refractivity contribution is 6.06. The van der Waals surface area contributed by atoms with Crippen molar-refractivity contribution in [2.75, 3.05) is 36.4 Å². The Labute approximate surface area is 207 Å². The molecule has 180 valence electrons. The highest BCUT2D eigenvalue weighted by Crippen LogP contribution is 2.31. The average Bonchev–Trinajstić information content (AvgIpc) is 3.45. The summed E-state index contributed by atoms with van der Waals surface area (Å²) in [6, 6.07) is 25.7. The topological polar surface area (TPSA) is 52.7 Å². The van der Waals surface area contributed by atoms with Crippen LogP contribution in [0.5, 0.6) is 0 Å². The van der Waals surface area contributed by atoms with Gasteiger partial charge < -0.3 is 15.1 Å². The number of likely N-dealkylation sites (tertiary alicyclic amines) is 1. The minimum atomic E-state index is -0.167. The van der Waals surface area contributed by atoms with Crippen LogP contribution < -0.4 is 10.2 Å². The van der Waals surface area contributed by atoms with E-state index in [9.17, 15) is 9.59 Å². The Balaban J connectivity index is 1.33. The third-order valence-corrected chi connectivity index (χ3v) is 7.24. The van der Waals surface area contributed by atoms with Gasteiger partial charge in [0.05, 0.1) is 5.56 Å². The van der Waals surface area contributed by atoms with Gasteiger partial charge in [-0.15, -0.1) is 0 Å². The maximum atomic E-state index is 13.5. The number of hydrogen-bond acceptors (Lipinski definition) is 3. The van der Waals surface area contributed by atoms with Crippen molar-refractivity contribution in [2.45, 2.75) is 32.1 Å². The molecule has 2 aliphatic heterocycles. The third kappa shape index (κ3) is 5.56. The van der Waals surface area contributed by atoms with Crippen LogP contribution in [0.3, 0.4) is 0 Å². The highest BCUT2D eigenvalue weighted by Gasteiger charge is 2.27. The molecule has 0 spiro atoms. The van der Waals surface area contributed by atoms with Crippen LogP contribution in [0.25, 0.3) is 0 Å². The summed E-state index contributed by atoms with van der Waals surface area (Å²) < 4.78 is 0. The van der Waals surface area contributed by atoms with Gasteiger partial charge in [0.2, 0.25) is 0 Å². The first-order valence-corrected chi connectivity index (χ1v) is 12.8. The molecule has 0 unspecified atom stereocenters. The lowest BCUT2D eigenvalue weighted by Crippen LogP contribution is -2.36. The molecule has 2 fully saturated rings. The molecule has 2 saturated heterocycles. The number of rotatable bonds is 6. The molecule has 5 rings (SSSR count). The fourth-order valence-corrected chi connectivity index (χ4v) is 5.27. The first-order valence-electron chi connectivity index (χ1n) is 12.8. The molecule has 3 aromatic rings. The molecule has 0 aromatic heterocycles. The highest BCUT2D eigenvalue weighted by atomic mass is 16.2. The van der Waals surface area contributed by atoms with Gasteiger partial charge in [-0.05, 0) is 73.9 Å². The fourth-order valence-electron chi connectivity index (χ4n) is 5.27. The molecule has 5 nitrogen and oxygen atoms in total. The maximum Gasteiger partial charge on any atom is 0.256 e. The molecule has 0 aliphatic carbocycles. The van der Waals surface area contributed by atoms with Crippen LogP contribution in [0.1, 0.15) is 52.0 Å². The van der Waals surface area contributed by atoms with Gasteiger partial charge in [0.1, 0.15) is 0 Å². The van der Waals surface area contributed by atoms with Crippen LogP contribution in [-0.2, 0) is 6.42 Å². The number of benzene rings is 3. The Morgan fingerprint density at radius 3 is 2.14 bits per heavy atom. The summed E-state index contributed by atoms with van der Waals surface area (Å²) in [6.07, 6.45) is 5.43. The number of piperidine rings is 1. The summed E-state index contributed by atoms with van der Waals surface area (Å²) in [7, 11) is 0. The van der Waals surface area contributed by atoms with Crippen molar-refractivity contribution in [2.24, 2.45) is 5.92 Å². The second-order valence-electron chi connectivity index (χ2n) is 9.67. The lowest BCUT2D eigenvalue weighted by atomic mass is 9.89. The second-order valence-corrected chi connectivity index (χ2v) is 9.67. The van der Waals surface area contributed by atoms with Crippen molar-refractivity contribution in [3.63, 3.8) is 0 Å². The number of hydrogen-bond donors (Lipinski definition) is 1. The molecular weight excluding hydrogens is 434 g/mol. The van der Waals surface area contributed by atoms with Crippen molar-refractivity contribution < 1.29 is 9.59 Å². The van der Waals surface area contributed by atoms with E-state index in [2.05, 4.69) is 40.5 Å². The Hall–Kier alpha value is -3.60. The third-order valence-electron chi connectivity index (χ3n) is 7.24. The second kappa shape index (κ2) is 10.8. The molecule has 35 heavy (non-hydrogen) atoms. The fraction of sp³-hybridized carbons (Fsp3) is 0.333. The minimum Gasteiger partial charge on any atom is -0.371 e. The Morgan fingerprint density at radius 2 is 1.46 bits per heavy atom. The van der Waals surface area contributed by atoms with Crippen molar-refractivity contribution in [1.29, 1.82) is 0 Å². The number of anilines is 2. The first-order chi connectivity index (χ1) is 17.2. The molecule has 0 radical (unpaired) electrons. The summed E-state index contributed by atoms with van der Waals surface area (Å²) in [4.78, 5) is 30.5. The standard InChI is InChI=1S/C30H33N3O2/c34-29(25-11-5-2-6-12-25)31-26-13-14-28(27(22-26)30(35)33-17-7-8-18-33)32-19-15-24(16-20-32)21-23-9-3-1-4-10-23/h1-6,9-14,22,24H,7-8,15-21H2,(H,31,34). The summed E-state index contributed by atoms with van der Waals surface area (Å²) in [5.74, 6) is 0.565. The number of nitrogens with zero attached hydrogens (tertiary/aromatic N) is 2. The Morgan fingerprint density at radius 1 is 0.800 bits per heavy atom. The van der Waals surface area contributed by atoms with Gasteiger partial charge in [0, 0.05) is 43.1 Å². The number of carbonyl (C=O) groups is 2. The van der Waals surface area contributed by atoms with Crippen molar-refractivity contribution in [1.82, 2.24) is 4.90 Å². The van der Waals surface area contributed by atoms with Crippen LogP contribution in [0.2, 0.25) is 0 Å². The van der Waals surface area contributed by atoms with Gasteiger partial charge >= 0.3 is 0 Å². The van der Waals surface area contributed by atoms with Crippen LogP contribution in [0, 0.1) is 5.92 Å². The normalized spacial score (nSPS) is 16.3. The summed E-state index contributed by atoms with van der Waals surface area (Å²) >= 11 is 0. The molecule has 2 heterocycles. The van der Waals surface area contributed by atoms with Crippen LogP contribution in [0.4, 0.5) is 11.4 Å². The predicted molar refractivity (Wildman–Crippen MR) is 141 cm³/mol. The zero-order chi connectivity index (χ0) is 24.0. The van der Waals surface area contributed by atoms with E-state index in [1.807, 2.05) is 41.3 Å². The van der Waals surface area contributed by atoms with Gasteiger partial charge in [0.25, 0.3) is 11.8 Å². The molecule has 0 saturated carbocycles. The first kappa shape index (κ1) is 23.2. The van der Waals surface area contributed by atoms with Crippen molar-refractivity contribution in [3.8, 4) is 0 Å². The van der Waals surface area contributed by atoms with Crippen molar-refractivity contribution >= 4 is 23.2 Å². The zero-order valence-corrected chi connectivity index (χ0v) is 20.2. The largest absolute Gasteiger partial charge is 0.371 e. The summed E-state index contributed by atoms with van der Waals surface area (Å²) in [6.45, 7) is 3.48. The van der Waals surface area contributed by atoms with E-state index in [-0.39, 0.29) is 11.8 Å². The van der Waals surface area contributed by atoms with Gasteiger partial charge in [-0.25, -0.2) is 0 Å². The van der Waals surface area contributed by atoms with E-state index in [1.54, 1.807) is 12.1 Å². The molecule has 2 aliphatic rings. The maximum absolute atomic E-state index is 13.5. The summed E-state index contributed by atoms with van der Waals surface area (Å²) in [5, 5.41) is 2.98. The van der Waals surface area contributed by atoms with E-state index < -0.39 is 0 Å². The molecule has 2 amide bonds. The van der Waals surface area contributed by atoms with E-state index in [4.69, 9.17) is 0 Å². The van der Waals surface area contributed by atoms with Crippen LogP contribution in [0.15, 0.2) is 78.9 Å². The van der Waals surface area contributed by atoms with Crippen LogP contribution >= 0.6 is 0 Å². The Kier molecular flexibility index (Phi) is 7.12. The predicted octanol–water partition coefficient (Wildman–Crippen LogP) is 5.63. The van der Waals surface area contributed by atoms with Crippen LogP contribution in [-0.4, -0.2) is 42.9 Å². The lowest BCUT2D eigenvalue weighted by molar-refractivity contribution is 0.0793. The van der Waals surface area contributed by atoms with E-state index in [0.29, 0.717) is 22.7 Å². The van der Waals surface area contributed by atoms with Gasteiger partial charge in [0.15, 0.2) is 0 Å². The molecular formula is C30H33N3O2. The summed E-state index contributed by atoms with van der Waals surface area (Å²) in [5.41, 5.74) is 4.33. The Bertz CT molecular complexity index is 1150. The zero-order valence-electron chi connectivity index (χ0n) is 20.2.